The number of rotatable bonds is 10. The molecule has 2 fully saturated rings. The first-order chi connectivity index (χ1) is 16.3. The van der Waals surface area contributed by atoms with Crippen molar-refractivity contribution in [2.45, 2.75) is 103 Å². The Morgan fingerprint density at radius 3 is 1.88 bits per heavy atom. The molecule has 2 nitrogen and oxygen atoms in total. The van der Waals surface area contributed by atoms with Gasteiger partial charge < -0.3 is 9.47 Å². The van der Waals surface area contributed by atoms with Gasteiger partial charge in [0.05, 0.1) is 19.3 Å². The molecule has 0 bridgehead atoms. The van der Waals surface area contributed by atoms with Gasteiger partial charge in [-0.2, -0.15) is 0 Å². The van der Waals surface area contributed by atoms with Crippen molar-refractivity contribution in [1.29, 1.82) is 0 Å². The lowest BCUT2D eigenvalue weighted by Gasteiger charge is -2.30. The lowest BCUT2D eigenvalue weighted by atomic mass is 9.77. The smallest absolute Gasteiger partial charge is 0.106 e. The predicted molar refractivity (Wildman–Crippen MR) is 139 cm³/mol. The molecular weight excluding hydrogens is 404 g/mol. The summed E-state index contributed by atoms with van der Waals surface area (Å²) in [6, 6.07) is 18.3. The summed E-state index contributed by atoms with van der Waals surface area (Å²) >= 11 is 0. The first-order valence-electron chi connectivity index (χ1n) is 13.7. The minimum atomic E-state index is 0.0659. The van der Waals surface area contributed by atoms with Gasteiger partial charge in [0.15, 0.2) is 0 Å². The normalized spacial score (nSPS) is 25.8. The first-order valence-corrected chi connectivity index (χ1v) is 13.7. The van der Waals surface area contributed by atoms with Crippen LogP contribution in [0, 0.1) is 5.92 Å². The highest BCUT2D eigenvalue weighted by Gasteiger charge is 2.24. The van der Waals surface area contributed by atoms with Crippen LogP contribution in [-0.4, -0.2) is 19.3 Å². The molecule has 0 aromatic heterocycles. The van der Waals surface area contributed by atoms with Crippen molar-refractivity contribution in [3.05, 3.63) is 59.7 Å². The van der Waals surface area contributed by atoms with Gasteiger partial charge in [-0.05, 0) is 66.2 Å². The van der Waals surface area contributed by atoms with E-state index in [0.29, 0.717) is 6.61 Å². The fraction of sp³-hybridized carbons (Fsp3) is 0.613. The Labute approximate surface area is 202 Å². The van der Waals surface area contributed by atoms with Gasteiger partial charge in [-0.1, -0.05) is 101 Å². The molecule has 180 valence electrons. The van der Waals surface area contributed by atoms with Crippen molar-refractivity contribution in [3.8, 4) is 11.1 Å². The lowest BCUT2D eigenvalue weighted by Crippen LogP contribution is -2.31. The maximum absolute atomic E-state index is 6.16. The Kier molecular flexibility index (Phi) is 9.44. The third-order valence-electron chi connectivity index (χ3n) is 7.89. The zero-order valence-corrected chi connectivity index (χ0v) is 20.9. The molecule has 4 rings (SSSR count). The molecule has 0 radical (unpaired) electrons. The van der Waals surface area contributed by atoms with Gasteiger partial charge in [-0.25, -0.2) is 0 Å². The molecule has 1 aliphatic heterocycles. The van der Waals surface area contributed by atoms with Crippen molar-refractivity contribution in [3.63, 3.8) is 0 Å². The number of ether oxygens (including phenoxy) is 2. The number of unbranched alkanes of at least 4 members (excludes halogenated alkanes) is 3. The summed E-state index contributed by atoms with van der Waals surface area (Å²) in [4.78, 5) is 0. The topological polar surface area (TPSA) is 18.5 Å². The summed E-state index contributed by atoms with van der Waals surface area (Å²) in [6.07, 6.45) is 14.9. The molecule has 0 unspecified atom stereocenters. The summed E-state index contributed by atoms with van der Waals surface area (Å²) in [7, 11) is 0. The molecule has 0 N–H and O–H groups in total. The molecule has 2 aromatic carbocycles. The lowest BCUT2D eigenvalue weighted by molar-refractivity contribution is -0.137. The van der Waals surface area contributed by atoms with Crippen LogP contribution in [-0.2, 0) is 9.47 Å². The summed E-state index contributed by atoms with van der Waals surface area (Å²) < 4.78 is 12.3. The van der Waals surface area contributed by atoms with Crippen LogP contribution in [0.3, 0.4) is 0 Å². The molecule has 1 saturated heterocycles. The van der Waals surface area contributed by atoms with Gasteiger partial charge in [0.2, 0.25) is 0 Å². The van der Waals surface area contributed by atoms with E-state index in [0.717, 1.165) is 24.9 Å². The molecule has 0 amide bonds. The maximum Gasteiger partial charge on any atom is 0.106 e. The molecule has 2 atom stereocenters. The van der Waals surface area contributed by atoms with Crippen LogP contribution in [0.15, 0.2) is 48.5 Å². The zero-order chi connectivity index (χ0) is 22.9. The second-order valence-corrected chi connectivity index (χ2v) is 10.4. The van der Waals surface area contributed by atoms with Crippen LogP contribution in [0.2, 0.25) is 0 Å². The predicted octanol–water partition coefficient (Wildman–Crippen LogP) is 8.85. The average molecular weight is 449 g/mol. The van der Waals surface area contributed by atoms with Crippen LogP contribution < -0.4 is 0 Å². The number of hydrogen-bond donors (Lipinski definition) is 0. The Balaban J connectivity index is 1.26. The van der Waals surface area contributed by atoms with E-state index in [2.05, 4.69) is 62.4 Å². The van der Waals surface area contributed by atoms with Crippen LogP contribution in [0.4, 0.5) is 0 Å². The van der Waals surface area contributed by atoms with E-state index >= 15 is 0 Å². The monoisotopic (exact) mass is 448 g/mol. The van der Waals surface area contributed by atoms with Gasteiger partial charge in [-0.3, -0.25) is 0 Å². The van der Waals surface area contributed by atoms with E-state index in [1.807, 2.05) is 0 Å². The zero-order valence-electron chi connectivity index (χ0n) is 20.9. The van der Waals surface area contributed by atoms with Gasteiger partial charge in [-0.15, -0.1) is 0 Å². The van der Waals surface area contributed by atoms with Crippen molar-refractivity contribution in [2.75, 3.05) is 13.2 Å². The van der Waals surface area contributed by atoms with E-state index in [-0.39, 0.29) is 12.2 Å². The molecule has 33 heavy (non-hydrogen) atoms. The second kappa shape index (κ2) is 12.7. The molecule has 1 heterocycles. The summed E-state index contributed by atoms with van der Waals surface area (Å²) in [5.74, 6) is 1.73. The highest BCUT2D eigenvalue weighted by Crippen LogP contribution is 2.38. The Morgan fingerprint density at radius 1 is 0.636 bits per heavy atom. The maximum atomic E-state index is 6.16. The summed E-state index contributed by atoms with van der Waals surface area (Å²) in [5, 5.41) is 0. The molecule has 2 aliphatic rings. The minimum Gasteiger partial charge on any atom is -0.373 e. The third-order valence-corrected chi connectivity index (χ3v) is 7.89. The molecule has 2 aromatic rings. The minimum absolute atomic E-state index is 0.0659. The molecule has 0 spiro atoms. The Hall–Kier alpha value is -1.64. The fourth-order valence-electron chi connectivity index (χ4n) is 5.73. The van der Waals surface area contributed by atoms with Crippen LogP contribution in [0.1, 0.15) is 108 Å². The van der Waals surface area contributed by atoms with E-state index < -0.39 is 0 Å². The van der Waals surface area contributed by atoms with Crippen molar-refractivity contribution >= 4 is 0 Å². The fourth-order valence-corrected chi connectivity index (χ4v) is 5.73. The van der Waals surface area contributed by atoms with Crippen LogP contribution in [0.25, 0.3) is 11.1 Å². The molecule has 2 heteroatoms. The van der Waals surface area contributed by atoms with Crippen LogP contribution >= 0.6 is 0 Å². The highest BCUT2D eigenvalue weighted by molar-refractivity contribution is 5.64. The summed E-state index contributed by atoms with van der Waals surface area (Å²) in [5.41, 5.74) is 5.34. The Morgan fingerprint density at radius 2 is 1.30 bits per heavy atom. The van der Waals surface area contributed by atoms with E-state index in [1.54, 1.807) is 0 Å². The third kappa shape index (κ3) is 6.93. The van der Waals surface area contributed by atoms with E-state index in [4.69, 9.17) is 9.47 Å². The largest absolute Gasteiger partial charge is 0.373 e. The highest BCUT2D eigenvalue weighted by atomic mass is 16.6. The summed E-state index contributed by atoms with van der Waals surface area (Å²) in [6.45, 7) is 5.97. The second-order valence-electron chi connectivity index (χ2n) is 10.4. The van der Waals surface area contributed by atoms with E-state index in [9.17, 15) is 0 Å². The van der Waals surface area contributed by atoms with Crippen molar-refractivity contribution < 1.29 is 9.47 Å². The van der Waals surface area contributed by atoms with Gasteiger partial charge in [0, 0.05) is 0 Å². The van der Waals surface area contributed by atoms with Crippen LogP contribution in [0.5, 0.6) is 0 Å². The quantitative estimate of drug-likeness (QED) is 0.338. The molecular formula is C31H44O2. The number of benzene rings is 2. The standard InChI is InChI=1S/C31H44O2/c1-3-5-6-7-9-30-22-33-31(23-32-30)29-20-18-28(19-21-29)27-16-14-26(15-17-27)25-12-10-24(8-4-2)11-13-25/h14-21,24-25,30-31H,3-13,22-23H2,1-2H3/t24-,25-,30-,31-/m0/s1. The average Bonchev–Trinajstić information content (AvgIpc) is 2.88. The van der Waals surface area contributed by atoms with Gasteiger partial charge >= 0.3 is 0 Å². The van der Waals surface area contributed by atoms with Gasteiger partial charge in [0.25, 0.3) is 0 Å². The first kappa shape index (κ1) is 24.5. The molecule has 1 saturated carbocycles. The van der Waals surface area contributed by atoms with E-state index in [1.165, 1.54) is 86.5 Å². The SMILES string of the molecule is CCCCCC[C@H]1CO[C@H](c2ccc(-c3ccc([C@H]4CC[C@H](CCC)CC4)cc3)cc2)CO1. The van der Waals surface area contributed by atoms with Crippen molar-refractivity contribution in [2.24, 2.45) is 5.92 Å². The van der Waals surface area contributed by atoms with Gasteiger partial charge in [0.1, 0.15) is 6.10 Å². The van der Waals surface area contributed by atoms with Crippen molar-refractivity contribution in [1.82, 2.24) is 0 Å². The Bertz CT molecular complexity index is 794. The molecule has 1 aliphatic carbocycles. The number of hydrogen-bond acceptors (Lipinski definition) is 2.